The number of benzene rings is 4. The molecule has 0 spiro atoms. The van der Waals surface area contributed by atoms with Crippen molar-refractivity contribution in [2.24, 2.45) is 0 Å². The van der Waals surface area contributed by atoms with Gasteiger partial charge in [0.15, 0.2) is 0 Å². The summed E-state index contributed by atoms with van der Waals surface area (Å²) in [5.41, 5.74) is 9.82. The average molecular weight is 448 g/mol. The lowest BCUT2D eigenvalue weighted by Crippen LogP contribution is -2.26. The van der Waals surface area contributed by atoms with Crippen LogP contribution in [0.25, 0.3) is 22.4 Å². The Morgan fingerprint density at radius 2 is 1.47 bits per heavy atom. The smallest absolute Gasteiger partial charge is 0.255 e. The van der Waals surface area contributed by atoms with Crippen molar-refractivity contribution in [1.29, 1.82) is 0 Å². The normalized spacial score (nSPS) is 13.5. The Kier molecular flexibility index (Phi) is 5.83. The zero-order chi connectivity index (χ0) is 23.5. The Balaban J connectivity index is 1.42. The second kappa shape index (κ2) is 9.24. The highest BCUT2D eigenvalue weighted by molar-refractivity contribution is 6.24. The van der Waals surface area contributed by atoms with E-state index in [9.17, 15) is 9.59 Å². The molecule has 0 aromatic heterocycles. The van der Waals surface area contributed by atoms with Crippen LogP contribution in [0.1, 0.15) is 34.3 Å². The first kappa shape index (κ1) is 21.5. The van der Waals surface area contributed by atoms with E-state index < -0.39 is 0 Å². The molecule has 0 atom stereocenters. The fourth-order valence-corrected chi connectivity index (χ4v) is 3.83. The fraction of sp³-hybridized carbons (Fsp3) is 0.103. The molecule has 1 saturated carbocycles. The molecule has 34 heavy (non-hydrogen) atoms. The molecule has 4 aromatic carbocycles. The minimum Gasteiger partial charge on any atom is -0.397 e. The molecular weight excluding hydrogens is 422 g/mol. The Morgan fingerprint density at radius 1 is 0.794 bits per heavy atom. The van der Waals surface area contributed by atoms with Gasteiger partial charge in [0.05, 0.1) is 11.4 Å². The first-order valence-electron chi connectivity index (χ1n) is 11.3. The van der Waals surface area contributed by atoms with Gasteiger partial charge in [-0.25, -0.2) is 0 Å². The average Bonchev–Trinajstić information content (AvgIpc) is 3.68. The molecule has 0 radical (unpaired) electrons. The molecule has 2 amide bonds. The maximum atomic E-state index is 13.1. The van der Waals surface area contributed by atoms with Crippen LogP contribution >= 0.6 is 0 Å². The number of rotatable bonds is 6. The van der Waals surface area contributed by atoms with Crippen LogP contribution in [-0.2, 0) is 4.79 Å². The predicted molar refractivity (Wildman–Crippen MR) is 138 cm³/mol. The Bertz CT molecular complexity index is 1400. The van der Waals surface area contributed by atoms with Crippen molar-refractivity contribution in [3.8, 4) is 0 Å². The molecule has 1 fully saturated rings. The van der Waals surface area contributed by atoms with Crippen molar-refractivity contribution < 1.29 is 9.59 Å². The number of anilines is 2. The number of nitrogen functional groups attached to an aromatic ring is 1. The molecular formula is C29H25N3O2. The van der Waals surface area contributed by atoms with Crippen molar-refractivity contribution in [1.82, 2.24) is 5.32 Å². The summed E-state index contributed by atoms with van der Waals surface area (Å²) in [5, 5.41) is 8.14. The molecule has 4 aromatic rings. The van der Waals surface area contributed by atoms with Gasteiger partial charge < -0.3 is 16.4 Å². The first-order valence-corrected chi connectivity index (χ1v) is 11.3. The summed E-state index contributed by atoms with van der Waals surface area (Å²) in [6.45, 7) is 0. The molecule has 5 heteroatoms. The Hall–Kier alpha value is -4.38. The van der Waals surface area contributed by atoms with Crippen molar-refractivity contribution in [3.05, 3.63) is 108 Å². The van der Waals surface area contributed by atoms with Gasteiger partial charge in [0.25, 0.3) is 11.8 Å². The van der Waals surface area contributed by atoms with Gasteiger partial charge in [-0.15, -0.1) is 0 Å². The lowest BCUT2D eigenvalue weighted by atomic mass is 9.98. The van der Waals surface area contributed by atoms with E-state index in [1.807, 2.05) is 66.7 Å². The number of carbonyl (C=O) groups excluding carboxylic acids is 2. The second-order valence-corrected chi connectivity index (χ2v) is 8.53. The van der Waals surface area contributed by atoms with Crippen LogP contribution in [0.5, 0.6) is 0 Å². The Morgan fingerprint density at radius 3 is 2.21 bits per heavy atom. The van der Waals surface area contributed by atoms with Crippen molar-refractivity contribution in [3.63, 3.8) is 0 Å². The third kappa shape index (κ3) is 4.84. The number of hydrogen-bond donors (Lipinski definition) is 3. The maximum absolute atomic E-state index is 13.1. The maximum Gasteiger partial charge on any atom is 0.255 e. The molecule has 0 aliphatic heterocycles. The van der Waals surface area contributed by atoms with Crippen molar-refractivity contribution >= 4 is 45.6 Å². The number of hydrogen-bond acceptors (Lipinski definition) is 3. The van der Waals surface area contributed by atoms with Crippen LogP contribution in [-0.4, -0.2) is 17.9 Å². The van der Waals surface area contributed by atoms with Gasteiger partial charge in [-0.2, -0.15) is 0 Å². The van der Waals surface area contributed by atoms with Crippen LogP contribution in [0.4, 0.5) is 11.4 Å². The zero-order valence-electron chi connectivity index (χ0n) is 18.6. The molecule has 0 bridgehead atoms. The van der Waals surface area contributed by atoms with Gasteiger partial charge >= 0.3 is 0 Å². The van der Waals surface area contributed by atoms with Gasteiger partial charge in [0.1, 0.15) is 0 Å². The molecule has 168 valence electrons. The largest absolute Gasteiger partial charge is 0.397 e. The van der Waals surface area contributed by atoms with Crippen LogP contribution in [0, 0.1) is 0 Å². The SMILES string of the molecule is Nc1ccccc1NC(=O)c1ccc(/C=C(/C(=O)NC2CC2)c2ccc3ccccc3c2)cc1. The minimum atomic E-state index is -0.241. The van der Waals surface area contributed by atoms with Crippen LogP contribution < -0.4 is 16.4 Å². The lowest BCUT2D eigenvalue weighted by Gasteiger charge is -2.11. The lowest BCUT2D eigenvalue weighted by molar-refractivity contribution is -0.115. The van der Waals surface area contributed by atoms with E-state index in [0.717, 1.165) is 34.7 Å². The molecule has 1 aliphatic rings. The van der Waals surface area contributed by atoms with Gasteiger partial charge in [0, 0.05) is 17.2 Å². The number of nitrogens with two attached hydrogens (primary N) is 1. The van der Waals surface area contributed by atoms with E-state index in [4.69, 9.17) is 5.73 Å². The van der Waals surface area contributed by atoms with Crippen molar-refractivity contribution in [2.75, 3.05) is 11.1 Å². The summed E-state index contributed by atoms with van der Waals surface area (Å²) in [7, 11) is 0. The summed E-state index contributed by atoms with van der Waals surface area (Å²) < 4.78 is 0. The van der Waals surface area contributed by atoms with Gasteiger partial charge in [0.2, 0.25) is 0 Å². The highest BCUT2D eigenvalue weighted by Crippen LogP contribution is 2.26. The van der Waals surface area contributed by atoms with E-state index in [2.05, 4.69) is 16.7 Å². The van der Waals surface area contributed by atoms with Crippen LogP contribution in [0.2, 0.25) is 0 Å². The quantitative estimate of drug-likeness (QED) is 0.207. The van der Waals surface area contributed by atoms with Gasteiger partial charge in [-0.1, -0.05) is 60.7 Å². The van der Waals surface area contributed by atoms with E-state index in [-0.39, 0.29) is 17.9 Å². The second-order valence-electron chi connectivity index (χ2n) is 8.53. The minimum absolute atomic E-state index is 0.0841. The predicted octanol–water partition coefficient (Wildman–Crippen LogP) is 5.49. The Labute approximate surface area is 198 Å². The third-order valence-corrected chi connectivity index (χ3v) is 5.91. The number of para-hydroxylation sites is 2. The molecule has 0 unspecified atom stereocenters. The summed E-state index contributed by atoms with van der Waals surface area (Å²) in [4.78, 5) is 25.7. The van der Waals surface area contributed by atoms with Crippen LogP contribution in [0.3, 0.4) is 0 Å². The summed E-state index contributed by atoms with van der Waals surface area (Å²) >= 11 is 0. The standard InChI is InChI=1S/C29H25N3O2/c30-26-7-3-4-8-27(26)32-28(33)21-11-9-19(10-12-21)17-25(29(34)31-24-15-16-24)23-14-13-20-5-1-2-6-22(20)18-23/h1-14,17-18,24H,15-16,30H2,(H,31,34)(H,32,33)/b25-17+. The number of fused-ring (bicyclic) bond motifs is 1. The molecule has 0 saturated heterocycles. The van der Waals surface area contributed by atoms with E-state index in [1.165, 1.54) is 0 Å². The number of nitrogens with one attached hydrogen (secondary N) is 2. The first-order chi connectivity index (χ1) is 16.6. The highest BCUT2D eigenvalue weighted by atomic mass is 16.2. The fourth-order valence-electron chi connectivity index (χ4n) is 3.83. The molecule has 5 nitrogen and oxygen atoms in total. The molecule has 5 rings (SSSR count). The van der Waals surface area contributed by atoms with Gasteiger partial charge in [-0.05, 0) is 71.1 Å². The van der Waals surface area contributed by atoms with E-state index in [0.29, 0.717) is 22.5 Å². The summed E-state index contributed by atoms with van der Waals surface area (Å²) in [6.07, 6.45) is 3.91. The molecule has 1 aliphatic carbocycles. The zero-order valence-corrected chi connectivity index (χ0v) is 18.6. The number of amides is 2. The third-order valence-electron chi connectivity index (χ3n) is 5.91. The molecule has 4 N–H and O–H groups in total. The highest BCUT2D eigenvalue weighted by Gasteiger charge is 2.25. The topological polar surface area (TPSA) is 84.2 Å². The van der Waals surface area contributed by atoms with E-state index >= 15 is 0 Å². The van der Waals surface area contributed by atoms with E-state index in [1.54, 1.807) is 24.3 Å². The van der Waals surface area contributed by atoms with Crippen molar-refractivity contribution in [2.45, 2.75) is 18.9 Å². The van der Waals surface area contributed by atoms with Gasteiger partial charge in [-0.3, -0.25) is 9.59 Å². The monoisotopic (exact) mass is 447 g/mol. The number of carbonyl (C=O) groups is 2. The van der Waals surface area contributed by atoms with Crippen LogP contribution in [0.15, 0.2) is 91.0 Å². The molecule has 0 heterocycles. The summed E-state index contributed by atoms with van der Waals surface area (Å²) in [5.74, 6) is -0.325. The summed E-state index contributed by atoms with van der Waals surface area (Å²) in [6, 6.07) is 28.7.